The smallest absolute Gasteiger partial charge is 0.226 e. The van der Waals surface area contributed by atoms with Crippen molar-refractivity contribution in [3.63, 3.8) is 0 Å². The summed E-state index contributed by atoms with van der Waals surface area (Å²) in [5, 5.41) is 0. The van der Waals surface area contributed by atoms with E-state index in [4.69, 9.17) is 0 Å². The van der Waals surface area contributed by atoms with Crippen LogP contribution >= 0.6 is 0 Å². The summed E-state index contributed by atoms with van der Waals surface area (Å²) in [4.78, 5) is 16.0. The molecule has 1 aromatic rings. The van der Waals surface area contributed by atoms with E-state index in [1.165, 1.54) is 0 Å². The molecule has 0 atom stereocenters. The summed E-state index contributed by atoms with van der Waals surface area (Å²) in [6.45, 7) is 4.57. The number of nitrogens with one attached hydrogen (secondary N) is 1. The number of nitrogens with zero attached hydrogens (tertiary/aromatic N) is 1. The quantitative estimate of drug-likeness (QED) is 0.730. The second kappa shape index (κ2) is 3.95. The molecule has 66 valence electrons. The van der Waals surface area contributed by atoms with E-state index in [0.717, 1.165) is 12.2 Å². The topological polar surface area (TPSA) is 36.1 Å². The summed E-state index contributed by atoms with van der Waals surface area (Å²) in [7, 11) is 0. The van der Waals surface area contributed by atoms with Crippen LogP contribution in [0.15, 0.2) is 18.5 Å². The van der Waals surface area contributed by atoms with Crippen LogP contribution in [0.25, 0.3) is 0 Å². The Morgan fingerprint density at radius 1 is 1.58 bits per heavy atom. The number of carbonyl (C=O) groups is 1. The highest BCUT2D eigenvalue weighted by Crippen LogP contribution is 2.12. The van der Waals surface area contributed by atoms with E-state index in [0.29, 0.717) is 6.42 Å². The summed E-state index contributed by atoms with van der Waals surface area (Å²) >= 11 is 0. The van der Waals surface area contributed by atoms with Crippen LogP contribution in [0.1, 0.15) is 20.3 Å². The fourth-order valence-electron chi connectivity index (χ4n) is 1.18. The maximum absolute atomic E-state index is 11.4. The third-order valence-corrected chi connectivity index (χ3v) is 1.81. The number of anilines is 1. The normalized spacial score (nSPS) is 9.83. The number of hydrogen-bond donors (Lipinski definition) is 1. The maximum atomic E-state index is 11.4. The van der Waals surface area contributed by atoms with Gasteiger partial charge in [0.05, 0.1) is 5.69 Å². The standard InChI is InChI=1S/C9H14N2O/c1-3-9(12)11(4-2)8-5-6-10-7-8/h5-7,10H,3-4H2,1-2H3. The van der Waals surface area contributed by atoms with Crippen LogP contribution in [0.3, 0.4) is 0 Å². The molecule has 1 heterocycles. The van der Waals surface area contributed by atoms with Crippen molar-refractivity contribution in [3.8, 4) is 0 Å². The molecule has 1 rings (SSSR count). The van der Waals surface area contributed by atoms with Crippen LogP contribution in [-0.4, -0.2) is 17.4 Å². The Morgan fingerprint density at radius 2 is 2.33 bits per heavy atom. The highest BCUT2D eigenvalue weighted by Gasteiger charge is 2.10. The Balaban J connectivity index is 2.76. The summed E-state index contributed by atoms with van der Waals surface area (Å²) in [5.41, 5.74) is 0.948. The molecular formula is C9H14N2O. The van der Waals surface area contributed by atoms with Crippen molar-refractivity contribution in [1.29, 1.82) is 0 Å². The summed E-state index contributed by atoms with van der Waals surface area (Å²) in [6.07, 6.45) is 4.21. The molecule has 1 amide bonds. The predicted molar refractivity (Wildman–Crippen MR) is 49.1 cm³/mol. The second-order valence-electron chi connectivity index (χ2n) is 2.56. The van der Waals surface area contributed by atoms with Gasteiger partial charge in [0, 0.05) is 25.4 Å². The second-order valence-corrected chi connectivity index (χ2v) is 2.56. The third-order valence-electron chi connectivity index (χ3n) is 1.81. The molecule has 0 aromatic carbocycles. The monoisotopic (exact) mass is 166 g/mol. The fraction of sp³-hybridized carbons (Fsp3) is 0.444. The largest absolute Gasteiger partial charge is 0.366 e. The predicted octanol–water partition coefficient (Wildman–Crippen LogP) is 1.78. The van der Waals surface area contributed by atoms with E-state index in [1.807, 2.05) is 32.3 Å². The molecule has 0 unspecified atom stereocenters. The third kappa shape index (κ3) is 1.67. The Hall–Kier alpha value is -1.25. The number of H-pyrrole nitrogens is 1. The van der Waals surface area contributed by atoms with Gasteiger partial charge in [-0.2, -0.15) is 0 Å². The summed E-state index contributed by atoms with van der Waals surface area (Å²) in [6, 6.07) is 1.90. The van der Waals surface area contributed by atoms with Crippen LogP contribution < -0.4 is 4.90 Å². The first kappa shape index (κ1) is 8.84. The van der Waals surface area contributed by atoms with E-state index in [-0.39, 0.29) is 5.91 Å². The van der Waals surface area contributed by atoms with Gasteiger partial charge in [-0.25, -0.2) is 0 Å². The van der Waals surface area contributed by atoms with Gasteiger partial charge < -0.3 is 9.88 Å². The van der Waals surface area contributed by atoms with E-state index < -0.39 is 0 Å². The minimum Gasteiger partial charge on any atom is -0.366 e. The maximum Gasteiger partial charge on any atom is 0.226 e. The Kier molecular flexibility index (Phi) is 2.91. The lowest BCUT2D eigenvalue weighted by atomic mass is 10.3. The number of aromatic nitrogens is 1. The van der Waals surface area contributed by atoms with Crippen molar-refractivity contribution in [2.75, 3.05) is 11.4 Å². The first-order valence-electron chi connectivity index (χ1n) is 4.22. The molecule has 0 saturated carbocycles. The van der Waals surface area contributed by atoms with Crippen LogP contribution in [-0.2, 0) is 4.79 Å². The zero-order valence-corrected chi connectivity index (χ0v) is 7.50. The first-order valence-corrected chi connectivity index (χ1v) is 4.22. The average Bonchev–Trinajstić information content (AvgIpc) is 2.58. The minimum absolute atomic E-state index is 0.164. The summed E-state index contributed by atoms with van der Waals surface area (Å²) in [5.74, 6) is 0.164. The summed E-state index contributed by atoms with van der Waals surface area (Å²) < 4.78 is 0. The van der Waals surface area contributed by atoms with Crippen LogP contribution in [0.2, 0.25) is 0 Å². The molecule has 0 bridgehead atoms. The van der Waals surface area contributed by atoms with Crippen molar-refractivity contribution in [2.45, 2.75) is 20.3 Å². The van der Waals surface area contributed by atoms with Gasteiger partial charge in [-0.15, -0.1) is 0 Å². The van der Waals surface area contributed by atoms with Crippen molar-refractivity contribution < 1.29 is 4.79 Å². The molecule has 0 aliphatic rings. The SMILES string of the molecule is CCC(=O)N(CC)c1cc[nH]c1. The highest BCUT2D eigenvalue weighted by molar-refractivity contribution is 5.92. The Bertz CT molecular complexity index is 241. The molecule has 0 saturated heterocycles. The van der Waals surface area contributed by atoms with Gasteiger partial charge in [0.25, 0.3) is 0 Å². The zero-order valence-electron chi connectivity index (χ0n) is 7.50. The molecule has 1 N–H and O–H groups in total. The highest BCUT2D eigenvalue weighted by atomic mass is 16.2. The lowest BCUT2D eigenvalue weighted by molar-refractivity contribution is -0.118. The molecule has 3 nitrogen and oxygen atoms in total. The zero-order chi connectivity index (χ0) is 8.97. The number of amides is 1. The molecule has 0 fully saturated rings. The van der Waals surface area contributed by atoms with E-state index in [9.17, 15) is 4.79 Å². The lowest BCUT2D eigenvalue weighted by Crippen LogP contribution is -2.29. The van der Waals surface area contributed by atoms with Crippen molar-refractivity contribution in [1.82, 2.24) is 4.98 Å². The first-order chi connectivity index (χ1) is 5.79. The van der Waals surface area contributed by atoms with Crippen molar-refractivity contribution in [3.05, 3.63) is 18.5 Å². The Morgan fingerprint density at radius 3 is 2.75 bits per heavy atom. The van der Waals surface area contributed by atoms with Gasteiger partial charge in [0.2, 0.25) is 5.91 Å². The van der Waals surface area contributed by atoms with Gasteiger partial charge in [-0.1, -0.05) is 6.92 Å². The average molecular weight is 166 g/mol. The molecule has 1 aromatic heterocycles. The number of rotatable bonds is 3. The Labute approximate surface area is 72.4 Å². The van der Waals surface area contributed by atoms with E-state index in [1.54, 1.807) is 4.90 Å². The van der Waals surface area contributed by atoms with Crippen molar-refractivity contribution in [2.24, 2.45) is 0 Å². The van der Waals surface area contributed by atoms with Crippen molar-refractivity contribution >= 4 is 11.6 Å². The van der Waals surface area contributed by atoms with E-state index >= 15 is 0 Å². The molecular weight excluding hydrogens is 152 g/mol. The number of carbonyl (C=O) groups excluding carboxylic acids is 1. The molecule has 0 radical (unpaired) electrons. The van der Waals surface area contributed by atoms with Gasteiger partial charge in [0.15, 0.2) is 0 Å². The van der Waals surface area contributed by atoms with Gasteiger partial charge in [-0.3, -0.25) is 4.79 Å². The lowest BCUT2D eigenvalue weighted by Gasteiger charge is -2.17. The van der Waals surface area contributed by atoms with Gasteiger partial charge in [-0.05, 0) is 13.0 Å². The van der Waals surface area contributed by atoms with E-state index in [2.05, 4.69) is 4.98 Å². The molecule has 0 aliphatic heterocycles. The van der Waals surface area contributed by atoms with Gasteiger partial charge in [0.1, 0.15) is 0 Å². The fourth-order valence-corrected chi connectivity index (χ4v) is 1.18. The minimum atomic E-state index is 0.164. The van der Waals surface area contributed by atoms with Crippen LogP contribution in [0, 0.1) is 0 Å². The number of hydrogen-bond acceptors (Lipinski definition) is 1. The van der Waals surface area contributed by atoms with Crippen LogP contribution in [0.4, 0.5) is 5.69 Å². The van der Waals surface area contributed by atoms with Gasteiger partial charge >= 0.3 is 0 Å². The molecule has 12 heavy (non-hydrogen) atoms. The molecule has 0 aliphatic carbocycles. The molecule has 3 heteroatoms. The van der Waals surface area contributed by atoms with Crippen LogP contribution in [0.5, 0.6) is 0 Å². The number of aromatic amines is 1. The molecule has 0 spiro atoms.